The van der Waals surface area contributed by atoms with E-state index in [1.807, 2.05) is 43.5 Å². The van der Waals surface area contributed by atoms with Gasteiger partial charge in [-0.25, -0.2) is 8.42 Å². The van der Waals surface area contributed by atoms with Crippen LogP contribution in [0.4, 0.5) is 11.4 Å². The maximum atomic E-state index is 13.0. The topological polar surface area (TPSA) is 129 Å². The fourth-order valence-electron chi connectivity index (χ4n) is 3.92. The molecule has 0 spiro atoms. The summed E-state index contributed by atoms with van der Waals surface area (Å²) in [6.45, 7) is 1.22. The molecule has 1 amide bonds. The van der Waals surface area contributed by atoms with Crippen molar-refractivity contribution in [3.8, 4) is 11.1 Å². The number of carbonyl (C=O) groups is 2. The molecule has 0 aliphatic carbocycles. The Morgan fingerprint density at radius 1 is 1.00 bits per heavy atom. The summed E-state index contributed by atoms with van der Waals surface area (Å²) in [6.07, 6.45) is 1.92. The van der Waals surface area contributed by atoms with Crippen molar-refractivity contribution in [3.63, 3.8) is 0 Å². The average Bonchev–Trinajstić information content (AvgIpc) is 3.22. The molecule has 1 heterocycles. The number of fused-ring (bicyclic) bond motifs is 1. The lowest BCUT2D eigenvalue weighted by Gasteiger charge is -2.15. The average molecular weight is 540 g/mol. The Morgan fingerprint density at radius 2 is 1.62 bits per heavy atom. The minimum absolute atomic E-state index is 0.000904. The summed E-state index contributed by atoms with van der Waals surface area (Å²) in [5.74, 6) is -1.36. The van der Waals surface area contributed by atoms with Gasteiger partial charge >= 0.3 is 5.97 Å². The van der Waals surface area contributed by atoms with Gasteiger partial charge in [0.2, 0.25) is 10.0 Å². The lowest BCUT2D eigenvalue weighted by molar-refractivity contribution is -0.137. The van der Waals surface area contributed by atoms with E-state index in [4.69, 9.17) is 9.52 Å². The molecule has 3 N–H and O–H groups in total. The van der Waals surface area contributed by atoms with E-state index in [1.54, 1.807) is 24.3 Å². The molecule has 9 nitrogen and oxygen atoms in total. The number of carboxylic acid groups (broad SMARTS) is 1. The van der Waals surface area contributed by atoms with E-state index in [0.717, 1.165) is 32.1 Å². The predicted molar refractivity (Wildman–Crippen MR) is 145 cm³/mol. The fraction of sp³-hybridized carbons (Fsp3) is 0.154. The van der Waals surface area contributed by atoms with Crippen LogP contribution in [0.3, 0.4) is 0 Å². The highest BCUT2D eigenvalue weighted by Gasteiger charge is 2.23. The Labute approximate surface area is 218 Å². The highest BCUT2D eigenvalue weighted by Crippen LogP contribution is 2.33. The van der Waals surface area contributed by atoms with Gasteiger partial charge in [-0.2, -0.15) is 4.31 Å². The first kappa shape index (κ1) is 26.3. The number of nitrogens with zero attached hydrogens (tertiary/aromatic N) is 1. The number of hydrogen-bond donors (Lipinski definition) is 3. The van der Waals surface area contributed by atoms with Crippen LogP contribution < -0.4 is 10.0 Å². The van der Waals surface area contributed by atoms with Gasteiger partial charge in [-0.3, -0.25) is 9.59 Å². The zero-order valence-electron chi connectivity index (χ0n) is 20.3. The molecule has 0 aliphatic heterocycles. The van der Waals surface area contributed by atoms with E-state index in [9.17, 15) is 18.0 Å². The number of carboxylic acids is 1. The summed E-state index contributed by atoms with van der Waals surface area (Å²) in [6, 6.07) is 18.9. The van der Waals surface area contributed by atoms with Crippen molar-refractivity contribution in [2.24, 2.45) is 0 Å². The predicted octanol–water partition coefficient (Wildman–Crippen LogP) is 5.06. The zero-order valence-corrected chi connectivity index (χ0v) is 21.9. The summed E-state index contributed by atoms with van der Waals surface area (Å²) in [5.41, 5.74) is 4.39. The first-order valence-corrected chi connectivity index (χ1v) is 13.8. The summed E-state index contributed by atoms with van der Waals surface area (Å²) in [5, 5.41) is 12.6. The Hall–Kier alpha value is -3.80. The van der Waals surface area contributed by atoms with E-state index >= 15 is 0 Å². The number of amides is 1. The number of aryl methyl sites for hydroxylation is 1. The van der Waals surface area contributed by atoms with Gasteiger partial charge in [-0.1, -0.05) is 42.3 Å². The molecule has 0 saturated carbocycles. The summed E-state index contributed by atoms with van der Waals surface area (Å²) in [7, 11) is -2.69. The van der Waals surface area contributed by atoms with Crippen molar-refractivity contribution in [3.05, 3.63) is 78.1 Å². The van der Waals surface area contributed by atoms with Crippen molar-refractivity contribution < 1.29 is 27.5 Å². The molecule has 0 fully saturated rings. The van der Waals surface area contributed by atoms with Gasteiger partial charge in [0.25, 0.3) is 5.91 Å². The highest BCUT2D eigenvalue weighted by molar-refractivity contribution is 7.99. The van der Waals surface area contributed by atoms with Crippen LogP contribution in [0.15, 0.2) is 76.0 Å². The molecule has 4 aromatic rings. The van der Waals surface area contributed by atoms with Crippen LogP contribution in [-0.2, 0) is 14.8 Å². The Morgan fingerprint density at radius 3 is 2.22 bits per heavy atom. The standard InChI is InChI=1S/C26H25N3O6S2/c1-16-24-21(28-36-3)5-4-6-22(24)35-25(16)26(32)27-19-11-7-17(8-12-19)18-9-13-20(14-10-18)37(33,34)29(2)15-23(30)31/h4-14,28H,15H2,1-3H3,(H,27,32)(H,30,31). The van der Waals surface area contributed by atoms with Gasteiger partial charge in [-0.15, -0.1) is 0 Å². The van der Waals surface area contributed by atoms with Crippen LogP contribution >= 0.6 is 11.9 Å². The molecule has 192 valence electrons. The molecule has 0 bridgehead atoms. The second kappa shape index (κ2) is 10.7. The number of aliphatic carboxylic acids is 1. The fourth-order valence-corrected chi connectivity index (χ4v) is 5.43. The quantitative estimate of drug-likeness (QED) is 0.252. The van der Waals surface area contributed by atoms with Crippen molar-refractivity contribution in [2.75, 3.05) is 29.9 Å². The number of likely N-dealkylation sites (N-methyl/N-ethyl adjacent to an activating group) is 1. The normalized spacial score (nSPS) is 11.6. The second-order valence-electron chi connectivity index (χ2n) is 8.25. The van der Waals surface area contributed by atoms with E-state index < -0.39 is 22.5 Å². The molecular formula is C26H25N3O6S2. The molecule has 3 aromatic carbocycles. The minimum Gasteiger partial charge on any atom is -0.480 e. The maximum absolute atomic E-state index is 13.0. The molecule has 11 heteroatoms. The monoisotopic (exact) mass is 539 g/mol. The lowest BCUT2D eigenvalue weighted by Crippen LogP contribution is -2.31. The first-order chi connectivity index (χ1) is 17.6. The van der Waals surface area contributed by atoms with Crippen molar-refractivity contribution >= 4 is 56.2 Å². The van der Waals surface area contributed by atoms with E-state index in [0.29, 0.717) is 11.3 Å². The minimum atomic E-state index is -3.91. The number of hydrogen-bond acceptors (Lipinski definition) is 7. The molecule has 4 rings (SSSR count). The largest absolute Gasteiger partial charge is 0.480 e. The van der Waals surface area contributed by atoms with Crippen molar-refractivity contribution in [2.45, 2.75) is 11.8 Å². The number of sulfonamides is 1. The van der Waals surface area contributed by atoms with Crippen LogP contribution in [0.2, 0.25) is 0 Å². The number of nitrogens with one attached hydrogen (secondary N) is 2. The van der Waals surface area contributed by atoms with Gasteiger partial charge < -0.3 is 19.6 Å². The molecule has 37 heavy (non-hydrogen) atoms. The Kier molecular flexibility index (Phi) is 7.58. The van der Waals surface area contributed by atoms with E-state index in [1.165, 1.54) is 31.1 Å². The molecule has 1 aromatic heterocycles. The molecule has 0 atom stereocenters. The molecule has 0 unspecified atom stereocenters. The van der Waals surface area contributed by atoms with Gasteiger partial charge in [0.1, 0.15) is 12.1 Å². The molecular weight excluding hydrogens is 514 g/mol. The Bertz CT molecular complexity index is 1560. The number of benzene rings is 3. The number of anilines is 2. The number of carbonyl (C=O) groups excluding carboxylic acids is 1. The van der Waals surface area contributed by atoms with Crippen molar-refractivity contribution in [1.29, 1.82) is 0 Å². The summed E-state index contributed by atoms with van der Waals surface area (Å²) >= 11 is 1.46. The number of rotatable bonds is 9. The number of furan rings is 1. The van der Waals surface area contributed by atoms with Crippen LogP contribution in [0, 0.1) is 6.92 Å². The molecule has 0 aliphatic rings. The molecule has 0 saturated heterocycles. The van der Waals surface area contributed by atoms with Gasteiger partial charge in [-0.05, 0) is 54.4 Å². The third-order valence-electron chi connectivity index (χ3n) is 5.77. The second-order valence-corrected chi connectivity index (χ2v) is 10.9. The maximum Gasteiger partial charge on any atom is 0.318 e. The smallest absolute Gasteiger partial charge is 0.318 e. The SMILES string of the molecule is CSNc1cccc2oc(C(=O)Nc3ccc(-c4ccc(S(=O)(=O)N(C)CC(=O)O)cc4)cc3)c(C)c12. The third kappa shape index (κ3) is 5.48. The van der Waals surface area contributed by atoms with Crippen LogP contribution in [-0.4, -0.2) is 49.6 Å². The molecule has 0 radical (unpaired) electrons. The summed E-state index contributed by atoms with van der Waals surface area (Å²) < 4.78 is 34.9. The van der Waals surface area contributed by atoms with Gasteiger partial charge in [0.15, 0.2) is 5.76 Å². The third-order valence-corrected chi connectivity index (χ3v) is 8.01. The first-order valence-electron chi connectivity index (χ1n) is 11.1. The lowest BCUT2D eigenvalue weighted by atomic mass is 10.1. The van der Waals surface area contributed by atoms with Gasteiger partial charge in [0, 0.05) is 29.9 Å². The zero-order chi connectivity index (χ0) is 26.7. The summed E-state index contributed by atoms with van der Waals surface area (Å²) in [4.78, 5) is 23.8. The Balaban J connectivity index is 1.50. The van der Waals surface area contributed by atoms with Crippen molar-refractivity contribution in [1.82, 2.24) is 4.31 Å². The van der Waals surface area contributed by atoms with Crippen LogP contribution in [0.1, 0.15) is 16.1 Å². The van der Waals surface area contributed by atoms with E-state index in [2.05, 4.69) is 10.0 Å². The van der Waals surface area contributed by atoms with Gasteiger partial charge in [0.05, 0.1) is 10.6 Å². The van der Waals surface area contributed by atoms with Crippen LogP contribution in [0.25, 0.3) is 22.1 Å². The highest BCUT2D eigenvalue weighted by atomic mass is 32.2. The van der Waals surface area contributed by atoms with Crippen LogP contribution in [0.5, 0.6) is 0 Å². The van der Waals surface area contributed by atoms with E-state index in [-0.39, 0.29) is 16.6 Å².